The number of rotatable bonds is 14. The second kappa shape index (κ2) is 19.7. The molecule has 3 aliphatic rings. The smallest absolute Gasteiger partial charge is 0.331 e. The summed E-state index contributed by atoms with van der Waals surface area (Å²) in [7, 11) is 0. The molecule has 58 heavy (non-hydrogen) atoms. The Hall–Kier alpha value is -4.16. The van der Waals surface area contributed by atoms with Gasteiger partial charge in [-0.25, -0.2) is 4.79 Å². The molecule has 3 fully saturated rings. The van der Waals surface area contributed by atoms with Crippen molar-refractivity contribution >= 4 is 18.0 Å². The third-order valence-corrected chi connectivity index (χ3v) is 10.1. The van der Waals surface area contributed by atoms with Crippen LogP contribution in [0.1, 0.15) is 31.4 Å². The standard InChI is InChI=1S/C38H50O20/c1-16-11-24(29(47)31(49)28(16)46)55-35-34(58-27(45)8-5-18-3-6-20(41)22(43)12-18)26(15-53-37-33(51)32(50)30(48)25(14-39)56-37)57-38(36(35)54-17(2)40)52-10-9-19-4-7-21(42)23(44)13-19/h3-8,12-13,16,24-26,28-39,41-44,46-51H,9-11,14-15H2,1-2H3. The summed E-state index contributed by atoms with van der Waals surface area (Å²) in [4.78, 5) is 26.1. The van der Waals surface area contributed by atoms with E-state index in [0.717, 1.165) is 19.1 Å². The zero-order chi connectivity index (χ0) is 42.4. The van der Waals surface area contributed by atoms with Crippen LogP contribution in [0, 0.1) is 5.92 Å². The highest BCUT2D eigenvalue weighted by molar-refractivity contribution is 5.87. The normalized spacial score (nSPS) is 35.4. The zero-order valence-electron chi connectivity index (χ0n) is 31.4. The van der Waals surface area contributed by atoms with Gasteiger partial charge < -0.3 is 89.3 Å². The average Bonchev–Trinajstić information content (AvgIpc) is 3.18. The topological polar surface area (TPSA) is 321 Å². The van der Waals surface area contributed by atoms with Crippen LogP contribution in [-0.2, 0) is 49.2 Å². The summed E-state index contributed by atoms with van der Waals surface area (Å²) in [6.45, 7) is 1.04. The molecular formula is C38H50O20. The molecule has 15 unspecified atom stereocenters. The number of hydrogen-bond donors (Lipinski definition) is 11. The van der Waals surface area contributed by atoms with Gasteiger partial charge in [-0.1, -0.05) is 19.1 Å². The molecule has 322 valence electrons. The van der Waals surface area contributed by atoms with Crippen molar-refractivity contribution in [2.24, 2.45) is 5.92 Å². The highest BCUT2D eigenvalue weighted by Crippen LogP contribution is 2.36. The Bertz CT molecular complexity index is 1720. The minimum absolute atomic E-state index is 0.0453. The van der Waals surface area contributed by atoms with Crippen molar-refractivity contribution in [2.45, 2.75) is 113 Å². The summed E-state index contributed by atoms with van der Waals surface area (Å²) in [6.07, 6.45) is -20.1. The van der Waals surface area contributed by atoms with E-state index in [9.17, 15) is 65.8 Å². The monoisotopic (exact) mass is 826 g/mol. The third kappa shape index (κ3) is 10.7. The van der Waals surface area contributed by atoms with Crippen molar-refractivity contribution in [2.75, 3.05) is 19.8 Å². The number of phenols is 4. The fourth-order valence-electron chi connectivity index (χ4n) is 6.90. The van der Waals surface area contributed by atoms with Crippen LogP contribution in [0.2, 0.25) is 0 Å². The van der Waals surface area contributed by atoms with Gasteiger partial charge >= 0.3 is 11.9 Å². The molecule has 2 aromatic carbocycles. The first-order chi connectivity index (χ1) is 27.5. The number of hydrogen-bond acceptors (Lipinski definition) is 20. The summed E-state index contributed by atoms with van der Waals surface area (Å²) in [6, 6.07) is 7.80. The Morgan fingerprint density at radius 2 is 1.38 bits per heavy atom. The molecule has 20 heteroatoms. The van der Waals surface area contributed by atoms with E-state index in [2.05, 4.69) is 0 Å². The molecule has 0 aromatic heterocycles. The van der Waals surface area contributed by atoms with Crippen molar-refractivity contribution in [1.29, 1.82) is 0 Å². The highest BCUT2D eigenvalue weighted by atomic mass is 16.7. The first-order valence-corrected chi connectivity index (χ1v) is 18.5. The van der Waals surface area contributed by atoms with E-state index in [4.69, 9.17) is 33.2 Å². The van der Waals surface area contributed by atoms with Gasteiger partial charge in [0, 0.05) is 13.0 Å². The number of carbonyl (C=O) groups is 2. The number of aromatic hydroxyl groups is 4. The van der Waals surface area contributed by atoms with Gasteiger partial charge in [-0.05, 0) is 60.2 Å². The molecular weight excluding hydrogens is 776 g/mol. The number of benzene rings is 2. The molecule has 2 saturated heterocycles. The summed E-state index contributed by atoms with van der Waals surface area (Å²) < 4.78 is 41.4. The Labute approximate surface area is 331 Å². The maximum atomic E-state index is 13.5. The van der Waals surface area contributed by atoms with Crippen LogP contribution in [0.4, 0.5) is 0 Å². The lowest BCUT2D eigenvalue weighted by atomic mass is 9.81. The summed E-state index contributed by atoms with van der Waals surface area (Å²) in [5, 5.41) is 112. The van der Waals surface area contributed by atoms with Crippen LogP contribution >= 0.6 is 0 Å². The first-order valence-electron chi connectivity index (χ1n) is 18.5. The molecule has 0 amide bonds. The largest absolute Gasteiger partial charge is 0.504 e. The molecule has 1 saturated carbocycles. The molecule has 20 nitrogen and oxygen atoms in total. The lowest BCUT2D eigenvalue weighted by Gasteiger charge is -2.48. The number of esters is 2. The lowest BCUT2D eigenvalue weighted by molar-refractivity contribution is -0.341. The van der Waals surface area contributed by atoms with Gasteiger partial charge in [0.05, 0.1) is 32.0 Å². The van der Waals surface area contributed by atoms with E-state index in [1.807, 2.05) is 0 Å². The van der Waals surface area contributed by atoms with E-state index in [1.54, 1.807) is 6.92 Å². The fourth-order valence-corrected chi connectivity index (χ4v) is 6.90. The molecule has 2 aliphatic heterocycles. The van der Waals surface area contributed by atoms with Gasteiger partial charge in [0.25, 0.3) is 0 Å². The minimum Gasteiger partial charge on any atom is -0.504 e. The molecule has 15 atom stereocenters. The van der Waals surface area contributed by atoms with E-state index in [0.29, 0.717) is 5.56 Å². The molecule has 5 rings (SSSR count). The Morgan fingerprint density at radius 1 is 0.724 bits per heavy atom. The zero-order valence-corrected chi connectivity index (χ0v) is 31.4. The van der Waals surface area contributed by atoms with Crippen molar-refractivity contribution in [1.82, 2.24) is 0 Å². The van der Waals surface area contributed by atoms with Gasteiger partial charge in [0.2, 0.25) is 0 Å². The van der Waals surface area contributed by atoms with Crippen LogP contribution < -0.4 is 0 Å². The fraction of sp³-hybridized carbons (Fsp3) is 0.579. The van der Waals surface area contributed by atoms with Gasteiger partial charge in [0.1, 0.15) is 48.8 Å². The van der Waals surface area contributed by atoms with E-state index in [1.165, 1.54) is 36.4 Å². The molecule has 1 aliphatic carbocycles. The SMILES string of the molecule is CC(=O)OC1C(OCCc2ccc(O)c(O)c2)OC(COC2OC(CO)C(O)C(O)C2O)C(OC(=O)C=Cc2ccc(O)c(O)c2)C1OC1CC(C)C(O)C(O)C1O. The molecule has 0 radical (unpaired) electrons. The Morgan fingerprint density at radius 3 is 2.03 bits per heavy atom. The van der Waals surface area contributed by atoms with Gasteiger partial charge in [-0.15, -0.1) is 0 Å². The van der Waals surface area contributed by atoms with Crippen molar-refractivity contribution in [3.8, 4) is 23.0 Å². The number of carbonyl (C=O) groups excluding carboxylic acids is 2. The molecule has 11 N–H and O–H groups in total. The number of phenolic OH excluding ortho intramolecular Hbond substituents is 4. The summed E-state index contributed by atoms with van der Waals surface area (Å²) >= 11 is 0. The quantitative estimate of drug-likeness (QED) is 0.0560. The maximum absolute atomic E-state index is 13.5. The lowest BCUT2D eigenvalue weighted by Crippen LogP contribution is -2.65. The second-order valence-electron chi connectivity index (χ2n) is 14.4. The van der Waals surface area contributed by atoms with Crippen LogP contribution in [0.3, 0.4) is 0 Å². The van der Waals surface area contributed by atoms with Gasteiger partial charge in [-0.2, -0.15) is 0 Å². The molecule has 2 aromatic rings. The van der Waals surface area contributed by atoms with E-state index >= 15 is 0 Å². The van der Waals surface area contributed by atoms with E-state index in [-0.39, 0.29) is 30.8 Å². The Kier molecular flexibility index (Phi) is 15.3. The highest BCUT2D eigenvalue weighted by Gasteiger charge is 2.54. The molecule has 0 spiro atoms. The number of aliphatic hydroxyl groups excluding tert-OH is 7. The third-order valence-electron chi connectivity index (χ3n) is 10.1. The summed E-state index contributed by atoms with van der Waals surface area (Å²) in [5.74, 6) is -4.19. The van der Waals surface area contributed by atoms with E-state index < -0.39 is 134 Å². The van der Waals surface area contributed by atoms with Crippen molar-refractivity contribution < 1.29 is 98.9 Å². The number of ether oxygens (including phenoxy) is 7. The van der Waals surface area contributed by atoms with Crippen LogP contribution in [-0.4, -0.2) is 174 Å². The summed E-state index contributed by atoms with van der Waals surface area (Å²) in [5.41, 5.74) is 0.778. The second-order valence-corrected chi connectivity index (χ2v) is 14.4. The number of aliphatic hydroxyl groups is 7. The van der Waals surface area contributed by atoms with Crippen molar-refractivity contribution in [3.63, 3.8) is 0 Å². The Balaban J connectivity index is 1.50. The average molecular weight is 827 g/mol. The predicted molar refractivity (Wildman–Crippen MR) is 193 cm³/mol. The van der Waals surface area contributed by atoms with Crippen LogP contribution in [0.5, 0.6) is 23.0 Å². The minimum atomic E-state index is -1.85. The van der Waals surface area contributed by atoms with Gasteiger partial charge in [0.15, 0.2) is 47.8 Å². The first kappa shape index (κ1) is 44.9. The molecule has 2 heterocycles. The predicted octanol–water partition coefficient (Wildman–Crippen LogP) is -1.96. The molecule has 0 bridgehead atoms. The van der Waals surface area contributed by atoms with Gasteiger partial charge in [-0.3, -0.25) is 4.79 Å². The van der Waals surface area contributed by atoms with Crippen LogP contribution in [0.25, 0.3) is 6.08 Å². The maximum Gasteiger partial charge on any atom is 0.331 e. The van der Waals surface area contributed by atoms with Crippen molar-refractivity contribution in [3.05, 3.63) is 53.6 Å². The van der Waals surface area contributed by atoms with Crippen LogP contribution in [0.15, 0.2) is 42.5 Å².